The van der Waals surface area contributed by atoms with Crippen LogP contribution in [0, 0.1) is 18.8 Å². The highest BCUT2D eigenvalue weighted by Gasteiger charge is 2.43. The summed E-state index contributed by atoms with van der Waals surface area (Å²) in [5.41, 5.74) is 2.58. The molecule has 3 aromatic rings. The van der Waals surface area contributed by atoms with E-state index in [1.165, 1.54) is 7.11 Å². The molecule has 0 radical (unpaired) electrons. The fourth-order valence-corrected chi connectivity index (χ4v) is 5.10. The lowest BCUT2D eigenvalue weighted by Crippen LogP contribution is -2.33. The number of carbonyl (C=O) groups is 2. The first kappa shape index (κ1) is 20.0. The Bertz CT molecular complexity index is 1180. The Morgan fingerprint density at radius 2 is 1.87 bits per heavy atom. The van der Waals surface area contributed by atoms with E-state index in [9.17, 15) is 9.59 Å². The number of methoxy groups -OCH3 is 1. The van der Waals surface area contributed by atoms with Crippen molar-refractivity contribution < 1.29 is 18.7 Å². The molecule has 5 rings (SSSR count). The summed E-state index contributed by atoms with van der Waals surface area (Å²) < 4.78 is 11.4. The van der Waals surface area contributed by atoms with Crippen molar-refractivity contribution in [2.24, 2.45) is 11.8 Å². The second-order valence-corrected chi connectivity index (χ2v) is 9.01. The number of rotatable bonds is 3. The zero-order valence-corrected chi connectivity index (χ0v) is 18.8. The lowest BCUT2D eigenvalue weighted by atomic mass is 10.0. The van der Waals surface area contributed by atoms with Crippen LogP contribution in [0.4, 0.5) is 5.82 Å². The van der Waals surface area contributed by atoms with Crippen LogP contribution in [0.1, 0.15) is 26.7 Å². The molecule has 0 saturated carbocycles. The molecule has 1 aromatic carbocycles. The number of halogens is 1. The number of hydrogen-bond acceptors (Lipinski definition) is 7. The molecule has 8 nitrogen and oxygen atoms in total. The number of ether oxygens (including phenoxy) is 1. The van der Waals surface area contributed by atoms with Gasteiger partial charge in [-0.05, 0) is 36.8 Å². The second-order valence-electron chi connectivity index (χ2n) is 8.10. The number of oxazole rings is 1. The maximum absolute atomic E-state index is 13.0. The average Bonchev–Trinajstić information content (AvgIpc) is 3.45. The standard InChI is InChI=1S/C22H21BrN4O4/c1-12-6-15(23)7-17-19(12)25-20(31-17)21(28)27-10-13-8-26(9-14(13)11-27)18-5-3-4-16(24-18)22(29)30-2/h3-7,13-14H,8-11H2,1-2H3. The monoisotopic (exact) mass is 484 g/mol. The minimum absolute atomic E-state index is 0.139. The predicted molar refractivity (Wildman–Crippen MR) is 117 cm³/mol. The first-order valence-electron chi connectivity index (χ1n) is 10.1. The molecule has 2 aromatic heterocycles. The Labute approximate surface area is 187 Å². The molecule has 2 unspecified atom stereocenters. The van der Waals surface area contributed by atoms with E-state index in [1.807, 2.05) is 36.1 Å². The van der Waals surface area contributed by atoms with Gasteiger partial charge in [0.15, 0.2) is 11.3 Å². The molecule has 2 aliphatic heterocycles. The molecule has 0 aliphatic carbocycles. The third-order valence-electron chi connectivity index (χ3n) is 6.06. The van der Waals surface area contributed by atoms with Gasteiger partial charge in [0.2, 0.25) is 0 Å². The highest BCUT2D eigenvalue weighted by Crippen LogP contribution is 2.34. The molecule has 2 saturated heterocycles. The third-order valence-corrected chi connectivity index (χ3v) is 6.52. The fraction of sp³-hybridized carbons (Fsp3) is 0.364. The average molecular weight is 485 g/mol. The van der Waals surface area contributed by atoms with Gasteiger partial charge in [0.25, 0.3) is 5.89 Å². The molecule has 0 spiro atoms. The van der Waals surface area contributed by atoms with Crippen LogP contribution in [0.3, 0.4) is 0 Å². The zero-order chi connectivity index (χ0) is 21.7. The predicted octanol–water partition coefficient (Wildman–Crippen LogP) is 3.29. The number of fused-ring (bicyclic) bond motifs is 2. The molecule has 4 heterocycles. The topological polar surface area (TPSA) is 88.8 Å². The van der Waals surface area contributed by atoms with Crippen molar-refractivity contribution in [2.75, 3.05) is 38.2 Å². The van der Waals surface area contributed by atoms with Crippen LogP contribution < -0.4 is 4.90 Å². The maximum Gasteiger partial charge on any atom is 0.356 e. The number of carbonyl (C=O) groups excluding carboxylic acids is 2. The van der Waals surface area contributed by atoms with Crippen molar-refractivity contribution in [2.45, 2.75) is 6.92 Å². The molecule has 1 amide bonds. The number of hydrogen-bond donors (Lipinski definition) is 0. The number of amides is 1. The molecule has 2 fully saturated rings. The van der Waals surface area contributed by atoms with E-state index < -0.39 is 5.97 Å². The highest BCUT2D eigenvalue weighted by atomic mass is 79.9. The van der Waals surface area contributed by atoms with E-state index in [2.05, 4.69) is 30.8 Å². The van der Waals surface area contributed by atoms with E-state index >= 15 is 0 Å². The van der Waals surface area contributed by atoms with E-state index in [1.54, 1.807) is 6.07 Å². The summed E-state index contributed by atoms with van der Waals surface area (Å²) in [6, 6.07) is 9.14. The van der Waals surface area contributed by atoms with E-state index in [-0.39, 0.29) is 11.8 Å². The van der Waals surface area contributed by atoms with Crippen molar-refractivity contribution in [3.8, 4) is 0 Å². The normalized spacial score (nSPS) is 20.4. The minimum atomic E-state index is -0.446. The number of aromatic nitrogens is 2. The van der Waals surface area contributed by atoms with Crippen LogP contribution in [0.2, 0.25) is 0 Å². The molecule has 9 heteroatoms. The van der Waals surface area contributed by atoms with Crippen LogP contribution in [-0.2, 0) is 4.74 Å². The Morgan fingerprint density at radius 3 is 2.58 bits per heavy atom. The molecule has 160 valence electrons. The van der Waals surface area contributed by atoms with Gasteiger partial charge in [0.1, 0.15) is 11.3 Å². The number of likely N-dealkylation sites (tertiary alicyclic amines) is 1. The third kappa shape index (κ3) is 3.56. The molecular formula is C22H21BrN4O4. The van der Waals surface area contributed by atoms with Crippen molar-refractivity contribution in [3.05, 3.63) is 52.0 Å². The minimum Gasteiger partial charge on any atom is -0.464 e. The van der Waals surface area contributed by atoms with Crippen LogP contribution in [0.5, 0.6) is 0 Å². The summed E-state index contributed by atoms with van der Waals surface area (Å²) in [5, 5.41) is 0. The van der Waals surface area contributed by atoms with Crippen LogP contribution in [0.25, 0.3) is 11.1 Å². The Hall–Kier alpha value is -2.94. The van der Waals surface area contributed by atoms with Gasteiger partial charge < -0.3 is 19.0 Å². The summed E-state index contributed by atoms with van der Waals surface area (Å²) in [6.45, 7) is 4.81. The van der Waals surface area contributed by atoms with Gasteiger partial charge in [-0.25, -0.2) is 14.8 Å². The maximum atomic E-state index is 13.0. The molecule has 31 heavy (non-hydrogen) atoms. The Morgan fingerprint density at radius 1 is 1.13 bits per heavy atom. The summed E-state index contributed by atoms with van der Waals surface area (Å²) >= 11 is 3.45. The summed E-state index contributed by atoms with van der Waals surface area (Å²) in [4.78, 5) is 37.7. The van der Waals surface area contributed by atoms with Gasteiger partial charge in [-0.15, -0.1) is 0 Å². The Balaban J connectivity index is 1.29. The van der Waals surface area contributed by atoms with E-state index in [4.69, 9.17) is 9.15 Å². The molecule has 2 atom stereocenters. The number of pyridine rings is 1. The van der Waals surface area contributed by atoms with Crippen LogP contribution >= 0.6 is 15.9 Å². The highest BCUT2D eigenvalue weighted by molar-refractivity contribution is 9.10. The van der Waals surface area contributed by atoms with Crippen molar-refractivity contribution in [1.82, 2.24) is 14.9 Å². The summed E-state index contributed by atoms with van der Waals surface area (Å²) in [6.07, 6.45) is 0. The lowest BCUT2D eigenvalue weighted by Gasteiger charge is -2.22. The number of esters is 1. The van der Waals surface area contributed by atoms with Gasteiger partial charge in [-0.2, -0.15) is 0 Å². The van der Waals surface area contributed by atoms with E-state index in [0.29, 0.717) is 41.7 Å². The van der Waals surface area contributed by atoms with Gasteiger partial charge in [0.05, 0.1) is 7.11 Å². The van der Waals surface area contributed by atoms with Gasteiger partial charge in [0, 0.05) is 42.5 Å². The smallest absolute Gasteiger partial charge is 0.356 e. The van der Waals surface area contributed by atoms with Crippen molar-refractivity contribution in [3.63, 3.8) is 0 Å². The lowest BCUT2D eigenvalue weighted by molar-refractivity contribution is 0.0593. The number of anilines is 1. The van der Waals surface area contributed by atoms with Crippen LogP contribution in [0.15, 0.2) is 39.2 Å². The summed E-state index contributed by atoms with van der Waals surface area (Å²) in [7, 11) is 1.35. The van der Waals surface area contributed by atoms with Crippen molar-refractivity contribution >= 4 is 44.7 Å². The first-order chi connectivity index (χ1) is 14.9. The molecular weight excluding hydrogens is 464 g/mol. The largest absolute Gasteiger partial charge is 0.464 e. The fourth-order valence-electron chi connectivity index (χ4n) is 4.54. The van der Waals surface area contributed by atoms with Crippen LogP contribution in [-0.4, -0.2) is 60.0 Å². The number of aryl methyl sites for hydroxylation is 1. The quantitative estimate of drug-likeness (QED) is 0.526. The summed E-state index contributed by atoms with van der Waals surface area (Å²) in [5.74, 6) is 0.966. The second kappa shape index (κ2) is 7.64. The number of nitrogens with zero attached hydrogens (tertiary/aromatic N) is 4. The van der Waals surface area contributed by atoms with Crippen molar-refractivity contribution in [1.29, 1.82) is 0 Å². The SMILES string of the molecule is COC(=O)c1cccc(N2CC3CN(C(=O)c4nc5c(C)cc(Br)cc5o4)CC3C2)n1. The van der Waals surface area contributed by atoms with E-state index in [0.717, 1.165) is 28.9 Å². The van der Waals surface area contributed by atoms with Gasteiger partial charge in [-0.1, -0.05) is 22.0 Å². The number of benzene rings is 1. The Kier molecular flexibility index (Phi) is 4.92. The first-order valence-corrected chi connectivity index (χ1v) is 10.9. The van der Waals surface area contributed by atoms with Gasteiger partial charge in [-0.3, -0.25) is 4.79 Å². The molecule has 0 N–H and O–H groups in total. The zero-order valence-electron chi connectivity index (χ0n) is 17.2. The molecule has 2 aliphatic rings. The van der Waals surface area contributed by atoms with Gasteiger partial charge >= 0.3 is 11.9 Å². The molecule has 0 bridgehead atoms.